The number of para-hydroxylation sites is 2. The topological polar surface area (TPSA) is 79.8 Å². The van der Waals surface area contributed by atoms with Gasteiger partial charge in [0.2, 0.25) is 5.91 Å². The number of carbonyl (C=O) groups is 1. The second kappa shape index (κ2) is 5.90. The molecule has 0 radical (unpaired) electrons. The number of anilines is 1. The first-order valence-corrected chi connectivity index (χ1v) is 7.95. The molecular formula is C19H16N4O2. The lowest BCUT2D eigenvalue weighted by Crippen LogP contribution is -2.29. The number of hydrogen-bond donors (Lipinski definition) is 2. The largest absolute Gasteiger partial charge is 0.350 e. The Balaban J connectivity index is 1.67. The summed E-state index contributed by atoms with van der Waals surface area (Å²) in [5.74, 6) is -0.292. The van der Waals surface area contributed by atoms with E-state index >= 15 is 0 Å². The Morgan fingerprint density at radius 1 is 1.12 bits per heavy atom. The minimum Gasteiger partial charge on any atom is -0.350 e. The summed E-state index contributed by atoms with van der Waals surface area (Å²) >= 11 is 0. The van der Waals surface area contributed by atoms with Gasteiger partial charge in [-0.1, -0.05) is 36.4 Å². The summed E-state index contributed by atoms with van der Waals surface area (Å²) in [5, 5.41) is 8.67. The fourth-order valence-electron chi connectivity index (χ4n) is 2.93. The molecule has 0 fully saturated rings. The predicted molar refractivity (Wildman–Crippen MR) is 97.7 cm³/mol. The van der Waals surface area contributed by atoms with E-state index in [2.05, 4.69) is 15.4 Å². The SMILES string of the molecule is Cc1ccccc1NC(=O)Cn1ncc2c([nH]c3ccccc32)c1=O. The fourth-order valence-corrected chi connectivity index (χ4v) is 2.93. The smallest absolute Gasteiger partial charge is 0.291 e. The standard InChI is InChI=1S/C19H16N4O2/c1-12-6-2-4-8-15(12)21-17(24)11-23-19(25)18-14(10-20-23)13-7-3-5-9-16(13)22-18/h2-10,22H,11H2,1H3,(H,21,24). The van der Waals surface area contributed by atoms with Gasteiger partial charge in [0.05, 0.1) is 6.20 Å². The van der Waals surface area contributed by atoms with Gasteiger partial charge in [0, 0.05) is 22.0 Å². The molecule has 6 nitrogen and oxygen atoms in total. The van der Waals surface area contributed by atoms with Gasteiger partial charge in [-0.15, -0.1) is 0 Å². The van der Waals surface area contributed by atoms with Gasteiger partial charge in [0.15, 0.2) is 0 Å². The summed E-state index contributed by atoms with van der Waals surface area (Å²) in [5.41, 5.74) is 2.71. The number of benzene rings is 2. The number of amides is 1. The highest BCUT2D eigenvalue weighted by molar-refractivity contribution is 6.06. The number of fused-ring (bicyclic) bond motifs is 3. The molecule has 124 valence electrons. The number of carbonyl (C=O) groups excluding carboxylic acids is 1. The zero-order valence-electron chi connectivity index (χ0n) is 13.6. The Kier molecular flexibility index (Phi) is 3.57. The van der Waals surface area contributed by atoms with Crippen LogP contribution in [-0.2, 0) is 11.3 Å². The average molecular weight is 332 g/mol. The number of aromatic amines is 1. The fraction of sp³-hybridized carbons (Fsp3) is 0.105. The van der Waals surface area contributed by atoms with Crippen molar-refractivity contribution < 1.29 is 4.79 Å². The van der Waals surface area contributed by atoms with Crippen LogP contribution in [-0.4, -0.2) is 20.7 Å². The molecule has 0 saturated carbocycles. The second-order valence-electron chi connectivity index (χ2n) is 5.93. The van der Waals surface area contributed by atoms with Crippen molar-refractivity contribution in [2.45, 2.75) is 13.5 Å². The van der Waals surface area contributed by atoms with Gasteiger partial charge in [-0.2, -0.15) is 5.10 Å². The maximum absolute atomic E-state index is 12.6. The average Bonchev–Trinajstić information content (AvgIpc) is 2.99. The zero-order chi connectivity index (χ0) is 17.4. The number of aryl methyl sites for hydroxylation is 1. The normalized spacial score (nSPS) is 11.1. The van der Waals surface area contributed by atoms with E-state index < -0.39 is 0 Å². The maximum atomic E-state index is 12.6. The van der Waals surface area contributed by atoms with Gasteiger partial charge in [0.1, 0.15) is 12.1 Å². The van der Waals surface area contributed by atoms with E-state index in [1.54, 1.807) is 6.20 Å². The van der Waals surface area contributed by atoms with Crippen LogP contribution in [0.1, 0.15) is 5.56 Å². The van der Waals surface area contributed by atoms with Crippen molar-refractivity contribution in [1.29, 1.82) is 0 Å². The molecule has 0 aliphatic heterocycles. The molecule has 2 heterocycles. The molecular weight excluding hydrogens is 316 g/mol. The van der Waals surface area contributed by atoms with Gasteiger partial charge in [-0.25, -0.2) is 4.68 Å². The van der Waals surface area contributed by atoms with Crippen LogP contribution in [0.25, 0.3) is 21.8 Å². The lowest BCUT2D eigenvalue weighted by atomic mass is 10.2. The van der Waals surface area contributed by atoms with Gasteiger partial charge in [0.25, 0.3) is 5.56 Å². The van der Waals surface area contributed by atoms with Crippen LogP contribution in [0.4, 0.5) is 5.69 Å². The van der Waals surface area contributed by atoms with Crippen molar-refractivity contribution in [3.8, 4) is 0 Å². The summed E-state index contributed by atoms with van der Waals surface area (Å²) in [6.07, 6.45) is 1.62. The molecule has 25 heavy (non-hydrogen) atoms. The molecule has 0 saturated heterocycles. The van der Waals surface area contributed by atoms with E-state index in [4.69, 9.17) is 0 Å². The van der Waals surface area contributed by atoms with Gasteiger partial charge >= 0.3 is 0 Å². The summed E-state index contributed by atoms with van der Waals surface area (Å²) < 4.78 is 1.17. The van der Waals surface area contributed by atoms with Crippen molar-refractivity contribution >= 4 is 33.4 Å². The highest BCUT2D eigenvalue weighted by Gasteiger charge is 2.12. The Morgan fingerprint density at radius 2 is 1.88 bits per heavy atom. The number of hydrogen-bond acceptors (Lipinski definition) is 3. The van der Waals surface area contributed by atoms with E-state index in [1.807, 2.05) is 55.5 Å². The van der Waals surface area contributed by atoms with Gasteiger partial charge < -0.3 is 10.3 Å². The Hall–Kier alpha value is -3.41. The van der Waals surface area contributed by atoms with E-state index in [9.17, 15) is 9.59 Å². The molecule has 0 bridgehead atoms. The highest BCUT2D eigenvalue weighted by Crippen LogP contribution is 2.21. The Labute approximate surface area is 143 Å². The molecule has 0 atom stereocenters. The van der Waals surface area contributed by atoms with Crippen LogP contribution in [0.15, 0.2) is 59.5 Å². The zero-order valence-corrected chi connectivity index (χ0v) is 13.6. The lowest BCUT2D eigenvalue weighted by Gasteiger charge is -2.08. The Morgan fingerprint density at radius 3 is 2.72 bits per heavy atom. The monoisotopic (exact) mass is 332 g/mol. The lowest BCUT2D eigenvalue weighted by molar-refractivity contribution is -0.117. The molecule has 0 unspecified atom stereocenters. The van der Waals surface area contributed by atoms with Crippen LogP contribution in [0.3, 0.4) is 0 Å². The third-order valence-corrected chi connectivity index (χ3v) is 4.23. The van der Waals surface area contributed by atoms with Crippen molar-refractivity contribution in [3.05, 3.63) is 70.6 Å². The molecule has 4 rings (SSSR count). The quantitative estimate of drug-likeness (QED) is 0.605. The number of nitrogens with one attached hydrogen (secondary N) is 2. The minimum absolute atomic E-state index is 0.140. The highest BCUT2D eigenvalue weighted by atomic mass is 16.2. The summed E-state index contributed by atoms with van der Waals surface area (Å²) in [6.45, 7) is 1.77. The van der Waals surface area contributed by atoms with Gasteiger partial charge in [-0.3, -0.25) is 9.59 Å². The van der Waals surface area contributed by atoms with Crippen LogP contribution in [0.2, 0.25) is 0 Å². The molecule has 1 amide bonds. The van der Waals surface area contributed by atoms with Crippen molar-refractivity contribution in [2.75, 3.05) is 5.32 Å². The maximum Gasteiger partial charge on any atom is 0.291 e. The van der Waals surface area contributed by atoms with Gasteiger partial charge in [-0.05, 0) is 24.6 Å². The van der Waals surface area contributed by atoms with E-state index in [-0.39, 0.29) is 18.0 Å². The first-order valence-electron chi connectivity index (χ1n) is 7.95. The van der Waals surface area contributed by atoms with Crippen LogP contribution in [0, 0.1) is 6.92 Å². The van der Waals surface area contributed by atoms with Crippen LogP contribution >= 0.6 is 0 Å². The molecule has 2 N–H and O–H groups in total. The second-order valence-corrected chi connectivity index (χ2v) is 5.93. The number of aromatic nitrogens is 3. The molecule has 0 aliphatic rings. The van der Waals surface area contributed by atoms with Crippen molar-refractivity contribution in [3.63, 3.8) is 0 Å². The first kappa shape index (κ1) is 15.1. The van der Waals surface area contributed by atoms with E-state index in [1.165, 1.54) is 4.68 Å². The molecule has 4 aromatic rings. The Bertz CT molecular complexity index is 1160. The van der Waals surface area contributed by atoms with Crippen LogP contribution < -0.4 is 10.9 Å². The number of rotatable bonds is 3. The number of H-pyrrole nitrogens is 1. The predicted octanol–water partition coefficient (Wildman–Crippen LogP) is 2.82. The summed E-state index contributed by atoms with van der Waals surface area (Å²) in [6, 6.07) is 15.1. The van der Waals surface area contributed by atoms with E-state index in [0.29, 0.717) is 5.52 Å². The molecule has 6 heteroatoms. The third kappa shape index (κ3) is 2.67. The molecule has 2 aromatic carbocycles. The van der Waals surface area contributed by atoms with Crippen molar-refractivity contribution in [2.24, 2.45) is 0 Å². The third-order valence-electron chi connectivity index (χ3n) is 4.23. The molecule has 0 spiro atoms. The minimum atomic E-state index is -0.311. The summed E-state index contributed by atoms with van der Waals surface area (Å²) in [4.78, 5) is 28.0. The molecule has 2 aromatic heterocycles. The molecule has 0 aliphatic carbocycles. The van der Waals surface area contributed by atoms with Crippen LogP contribution in [0.5, 0.6) is 0 Å². The summed E-state index contributed by atoms with van der Waals surface area (Å²) in [7, 11) is 0. The number of nitrogens with zero attached hydrogens (tertiary/aromatic N) is 2. The van der Waals surface area contributed by atoms with E-state index in [0.717, 1.165) is 27.5 Å². The first-order chi connectivity index (χ1) is 12.1. The van der Waals surface area contributed by atoms with Crippen molar-refractivity contribution in [1.82, 2.24) is 14.8 Å².